The zero-order chi connectivity index (χ0) is 11.4. The van der Waals surface area contributed by atoms with E-state index in [0.717, 1.165) is 6.42 Å². The van der Waals surface area contributed by atoms with Gasteiger partial charge in [-0.1, -0.05) is 26.7 Å². The van der Waals surface area contributed by atoms with Crippen LogP contribution in [-0.2, 0) is 0 Å². The monoisotopic (exact) mass is 195 g/mol. The van der Waals surface area contributed by atoms with Crippen molar-refractivity contribution in [1.82, 2.24) is 5.32 Å². The standard InChI is InChI=1S/C13H25N/c1-12(2,3)10-8-9-11(14-7)13(4,5)6/h11,14H,9H2,1-7H3. The molecule has 0 heterocycles. The minimum absolute atomic E-state index is 0.121. The van der Waals surface area contributed by atoms with Crippen molar-refractivity contribution in [1.29, 1.82) is 0 Å². The van der Waals surface area contributed by atoms with Crippen LogP contribution in [0.5, 0.6) is 0 Å². The highest BCUT2D eigenvalue weighted by Crippen LogP contribution is 2.21. The Labute approximate surface area is 89.7 Å². The highest BCUT2D eigenvalue weighted by Gasteiger charge is 2.21. The number of nitrogens with one attached hydrogen (secondary N) is 1. The van der Waals surface area contributed by atoms with Crippen LogP contribution in [0.2, 0.25) is 0 Å². The normalized spacial score (nSPS) is 14.5. The Morgan fingerprint density at radius 1 is 1.07 bits per heavy atom. The average molecular weight is 195 g/mol. The second-order valence-electron chi connectivity index (χ2n) is 5.96. The summed E-state index contributed by atoms with van der Waals surface area (Å²) in [5.41, 5.74) is 0.400. The molecule has 0 aliphatic rings. The van der Waals surface area contributed by atoms with Crippen LogP contribution in [0.15, 0.2) is 0 Å². The van der Waals surface area contributed by atoms with Crippen molar-refractivity contribution in [3.05, 3.63) is 0 Å². The fourth-order valence-corrected chi connectivity index (χ4v) is 1.26. The Morgan fingerprint density at radius 2 is 1.57 bits per heavy atom. The molecule has 1 nitrogen and oxygen atoms in total. The molecule has 0 saturated carbocycles. The molecule has 0 aromatic heterocycles. The van der Waals surface area contributed by atoms with Crippen molar-refractivity contribution >= 4 is 0 Å². The van der Waals surface area contributed by atoms with Gasteiger partial charge in [-0.05, 0) is 33.2 Å². The van der Waals surface area contributed by atoms with E-state index in [1.807, 2.05) is 7.05 Å². The summed E-state index contributed by atoms with van der Waals surface area (Å²) in [4.78, 5) is 0. The molecule has 0 aliphatic heterocycles. The predicted molar refractivity (Wildman–Crippen MR) is 64.2 cm³/mol. The second-order valence-corrected chi connectivity index (χ2v) is 5.96. The molecule has 0 spiro atoms. The van der Waals surface area contributed by atoms with Crippen molar-refractivity contribution in [2.24, 2.45) is 10.8 Å². The summed E-state index contributed by atoms with van der Waals surface area (Å²) in [5.74, 6) is 6.54. The molecule has 0 radical (unpaired) electrons. The van der Waals surface area contributed by atoms with Gasteiger partial charge >= 0.3 is 0 Å². The van der Waals surface area contributed by atoms with Gasteiger partial charge in [0.1, 0.15) is 0 Å². The fourth-order valence-electron chi connectivity index (χ4n) is 1.26. The van der Waals surface area contributed by atoms with Crippen molar-refractivity contribution < 1.29 is 0 Å². The summed E-state index contributed by atoms with van der Waals surface area (Å²) < 4.78 is 0. The van der Waals surface area contributed by atoms with Crippen LogP contribution >= 0.6 is 0 Å². The molecule has 0 aliphatic carbocycles. The largest absolute Gasteiger partial charge is 0.316 e. The van der Waals surface area contributed by atoms with Gasteiger partial charge in [-0.25, -0.2) is 0 Å². The van der Waals surface area contributed by atoms with Gasteiger partial charge in [-0.2, -0.15) is 0 Å². The maximum Gasteiger partial charge on any atom is 0.0248 e. The first-order valence-corrected chi connectivity index (χ1v) is 5.34. The van der Waals surface area contributed by atoms with E-state index in [9.17, 15) is 0 Å². The lowest BCUT2D eigenvalue weighted by atomic mass is 9.84. The van der Waals surface area contributed by atoms with E-state index in [2.05, 4.69) is 58.7 Å². The Morgan fingerprint density at radius 3 is 1.86 bits per heavy atom. The van der Waals surface area contributed by atoms with E-state index < -0.39 is 0 Å². The Balaban J connectivity index is 4.28. The first-order chi connectivity index (χ1) is 6.17. The summed E-state index contributed by atoms with van der Waals surface area (Å²) in [5, 5.41) is 3.33. The summed E-state index contributed by atoms with van der Waals surface area (Å²) in [6, 6.07) is 0.470. The molecule has 1 heteroatoms. The smallest absolute Gasteiger partial charge is 0.0248 e. The minimum atomic E-state index is 0.121. The summed E-state index contributed by atoms with van der Waals surface area (Å²) >= 11 is 0. The third-order valence-electron chi connectivity index (χ3n) is 2.16. The van der Waals surface area contributed by atoms with Gasteiger partial charge in [0, 0.05) is 17.9 Å². The van der Waals surface area contributed by atoms with Crippen molar-refractivity contribution in [3.63, 3.8) is 0 Å². The van der Waals surface area contributed by atoms with Gasteiger partial charge in [0.05, 0.1) is 0 Å². The minimum Gasteiger partial charge on any atom is -0.316 e. The average Bonchev–Trinajstić information content (AvgIpc) is 1.93. The van der Waals surface area contributed by atoms with Gasteiger partial charge in [0.2, 0.25) is 0 Å². The second kappa shape index (κ2) is 4.84. The summed E-state index contributed by atoms with van der Waals surface area (Å²) in [6.07, 6.45) is 0.928. The highest BCUT2D eigenvalue weighted by molar-refractivity contribution is 5.09. The SMILES string of the molecule is CNC(CC#CC(C)(C)C)C(C)(C)C. The Kier molecular flexibility index (Phi) is 4.68. The molecule has 0 rings (SSSR count). The topological polar surface area (TPSA) is 12.0 Å². The van der Waals surface area contributed by atoms with E-state index in [1.165, 1.54) is 0 Å². The third kappa shape index (κ3) is 6.05. The first kappa shape index (κ1) is 13.5. The van der Waals surface area contributed by atoms with E-state index >= 15 is 0 Å². The zero-order valence-electron chi connectivity index (χ0n) is 10.8. The fraction of sp³-hybridized carbons (Fsp3) is 0.846. The lowest BCUT2D eigenvalue weighted by Gasteiger charge is -2.28. The van der Waals surface area contributed by atoms with Crippen molar-refractivity contribution in [2.75, 3.05) is 7.05 Å². The quantitative estimate of drug-likeness (QED) is 0.668. The lowest BCUT2D eigenvalue weighted by molar-refractivity contribution is 0.285. The van der Waals surface area contributed by atoms with E-state index in [-0.39, 0.29) is 10.8 Å². The van der Waals surface area contributed by atoms with E-state index in [4.69, 9.17) is 0 Å². The third-order valence-corrected chi connectivity index (χ3v) is 2.16. The van der Waals surface area contributed by atoms with Crippen molar-refractivity contribution in [3.8, 4) is 11.8 Å². The van der Waals surface area contributed by atoms with Crippen LogP contribution in [-0.4, -0.2) is 13.1 Å². The van der Waals surface area contributed by atoms with E-state index in [1.54, 1.807) is 0 Å². The molecular formula is C13H25N. The van der Waals surface area contributed by atoms with Crippen LogP contribution in [0.3, 0.4) is 0 Å². The summed E-state index contributed by atoms with van der Waals surface area (Å²) in [6.45, 7) is 13.2. The maximum atomic E-state index is 3.33. The number of hydrogen-bond donors (Lipinski definition) is 1. The van der Waals surface area contributed by atoms with Crippen LogP contribution in [0.25, 0.3) is 0 Å². The van der Waals surface area contributed by atoms with E-state index in [0.29, 0.717) is 6.04 Å². The molecule has 0 aromatic carbocycles. The molecule has 0 aromatic rings. The van der Waals surface area contributed by atoms with Gasteiger partial charge in [0.25, 0.3) is 0 Å². The predicted octanol–water partition coefficient (Wildman–Crippen LogP) is 3.06. The van der Waals surface area contributed by atoms with Crippen LogP contribution in [0.1, 0.15) is 48.0 Å². The Hall–Kier alpha value is -0.480. The van der Waals surface area contributed by atoms with Crippen LogP contribution < -0.4 is 5.32 Å². The Bertz CT molecular complexity index is 216. The number of rotatable bonds is 2. The molecular weight excluding hydrogens is 170 g/mol. The van der Waals surface area contributed by atoms with Gasteiger partial charge in [-0.3, -0.25) is 0 Å². The molecule has 0 saturated heterocycles. The first-order valence-electron chi connectivity index (χ1n) is 5.34. The van der Waals surface area contributed by atoms with Crippen LogP contribution in [0, 0.1) is 22.7 Å². The maximum absolute atomic E-state index is 3.33. The molecule has 82 valence electrons. The van der Waals surface area contributed by atoms with Gasteiger partial charge < -0.3 is 5.32 Å². The zero-order valence-corrected chi connectivity index (χ0v) is 10.8. The molecule has 1 unspecified atom stereocenters. The molecule has 14 heavy (non-hydrogen) atoms. The molecule has 0 amide bonds. The molecule has 1 N–H and O–H groups in total. The molecule has 0 bridgehead atoms. The molecule has 0 fully saturated rings. The van der Waals surface area contributed by atoms with Crippen LogP contribution in [0.4, 0.5) is 0 Å². The van der Waals surface area contributed by atoms with Gasteiger partial charge in [0.15, 0.2) is 0 Å². The summed E-state index contributed by atoms with van der Waals surface area (Å²) in [7, 11) is 2.01. The number of hydrogen-bond acceptors (Lipinski definition) is 1. The van der Waals surface area contributed by atoms with Crippen molar-refractivity contribution in [2.45, 2.75) is 54.0 Å². The lowest BCUT2D eigenvalue weighted by Crippen LogP contribution is -2.37. The molecule has 1 atom stereocenters. The van der Waals surface area contributed by atoms with Gasteiger partial charge in [-0.15, -0.1) is 5.92 Å². The highest BCUT2D eigenvalue weighted by atomic mass is 14.9.